The van der Waals surface area contributed by atoms with Crippen LogP contribution in [0, 0.1) is 0 Å². The fourth-order valence-corrected chi connectivity index (χ4v) is 2.77. The van der Waals surface area contributed by atoms with Crippen LogP contribution in [0.4, 0.5) is 5.69 Å². The van der Waals surface area contributed by atoms with Crippen LogP contribution in [0.1, 0.15) is 12.5 Å². The molecule has 0 radical (unpaired) electrons. The second-order valence-electron chi connectivity index (χ2n) is 6.17. The average molecular weight is 363 g/mol. The lowest BCUT2D eigenvalue weighted by Gasteiger charge is -2.15. The smallest absolute Gasteiger partial charge is 0.311 e. The van der Waals surface area contributed by atoms with Crippen LogP contribution in [0.3, 0.4) is 0 Å². The Kier molecular flexibility index (Phi) is 5.71. The Morgan fingerprint density at radius 1 is 0.963 bits per heavy atom. The maximum atomic E-state index is 12.4. The highest BCUT2D eigenvalue weighted by Gasteiger charge is 2.19. The Bertz CT molecular complexity index is 945. The molecule has 0 aliphatic carbocycles. The minimum Gasteiger partial charge on any atom is -0.497 e. The number of carbonyl (C=O) groups is 2. The molecular weight excluding hydrogens is 342 g/mol. The highest BCUT2D eigenvalue weighted by molar-refractivity contribution is 6.03. The van der Waals surface area contributed by atoms with Gasteiger partial charge in [-0.15, -0.1) is 0 Å². The summed E-state index contributed by atoms with van der Waals surface area (Å²) in [5.41, 5.74) is 1.48. The maximum absolute atomic E-state index is 12.4. The first-order valence-corrected chi connectivity index (χ1v) is 8.68. The van der Waals surface area contributed by atoms with E-state index in [0.29, 0.717) is 5.69 Å². The van der Waals surface area contributed by atoms with Crippen molar-refractivity contribution in [3.63, 3.8) is 0 Å². The summed E-state index contributed by atoms with van der Waals surface area (Å²) < 4.78 is 10.4. The van der Waals surface area contributed by atoms with Crippen molar-refractivity contribution >= 4 is 28.3 Å². The normalized spacial score (nSPS) is 11.6. The van der Waals surface area contributed by atoms with Crippen LogP contribution in [-0.4, -0.2) is 25.1 Å². The minimum atomic E-state index is -0.894. The van der Waals surface area contributed by atoms with Crippen molar-refractivity contribution in [2.45, 2.75) is 19.4 Å². The molecule has 3 aromatic rings. The second kappa shape index (κ2) is 8.36. The zero-order valence-corrected chi connectivity index (χ0v) is 15.3. The molecule has 5 nitrogen and oxygen atoms in total. The molecule has 0 heterocycles. The van der Waals surface area contributed by atoms with Crippen LogP contribution >= 0.6 is 0 Å². The lowest BCUT2D eigenvalue weighted by atomic mass is 10.1. The van der Waals surface area contributed by atoms with Crippen molar-refractivity contribution in [3.8, 4) is 5.75 Å². The number of benzene rings is 3. The van der Waals surface area contributed by atoms with E-state index in [0.717, 1.165) is 22.1 Å². The summed E-state index contributed by atoms with van der Waals surface area (Å²) >= 11 is 0. The van der Waals surface area contributed by atoms with Crippen molar-refractivity contribution < 1.29 is 19.1 Å². The van der Waals surface area contributed by atoms with Gasteiger partial charge in [-0.1, -0.05) is 48.5 Å². The van der Waals surface area contributed by atoms with Gasteiger partial charge in [0.05, 0.1) is 13.5 Å². The van der Waals surface area contributed by atoms with E-state index in [-0.39, 0.29) is 12.3 Å². The third kappa shape index (κ3) is 4.64. The number of esters is 1. The Morgan fingerprint density at radius 2 is 1.67 bits per heavy atom. The van der Waals surface area contributed by atoms with E-state index in [1.807, 2.05) is 42.5 Å². The molecule has 0 saturated carbocycles. The lowest BCUT2D eigenvalue weighted by Crippen LogP contribution is -2.30. The number of rotatable bonds is 6. The third-order valence-corrected chi connectivity index (χ3v) is 4.23. The van der Waals surface area contributed by atoms with E-state index in [2.05, 4.69) is 5.32 Å². The van der Waals surface area contributed by atoms with Crippen molar-refractivity contribution in [1.29, 1.82) is 0 Å². The average Bonchev–Trinajstić information content (AvgIpc) is 2.68. The number of anilines is 1. The molecule has 138 valence electrons. The largest absolute Gasteiger partial charge is 0.497 e. The van der Waals surface area contributed by atoms with Crippen LogP contribution < -0.4 is 10.1 Å². The molecule has 0 spiro atoms. The number of methoxy groups -OCH3 is 1. The molecule has 1 atom stereocenters. The summed E-state index contributed by atoms with van der Waals surface area (Å²) in [5, 5.41) is 4.80. The van der Waals surface area contributed by atoms with E-state index in [9.17, 15) is 9.59 Å². The quantitative estimate of drug-likeness (QED) is 0.673. The van der Waals surface area contributed by atoms with Gasteiger partial charge in [-0.2, -0.15) is 0 Å². The molecule has 27 heavy (non-hydrogen) atoms. The van der Waals surface area contributed by atoms with Crippen LogP contribution in [0.2, 0.25) is 0 Å². The Labute approximate surface area is 157 Å². The molecule has 1 amide bonds. The Morgan fingerprint density at radius 3 is 2.41 bits per heavy atom. The highest BCUT2D eigenvalue weighted by Crippen LogP contribution is 2.23. The van der Waals surface area contributed by atoms with E-state index >= 15 is 0 Å². The number of nitrogens with one attached hydrogen (secondary N) is 1. The molecule has 3 rings (SSSR count). The van der Waals surface area contributed by atoms with Gasteiger partial charge in [0.1, 0.15) is 5.75 Å². The SMILES string of the molecule is COc1ccc(CC(=O)OC(C)C(=O)Nc2cccc3ccccc23)cc1. The van der Waals surface area contributed by atoms with Crippen LogP contribution in [0.5, 0.6) is 5.75 Å². The van der Waals surface area contributed by atoms with Crippen LogP contribution in [0.25, 0.3) is 10.8 Å². The minimum absolute atomic E-state index is 0.0931. The fraction of sp³-hybridized carbons (Fsp3) is 0.182. The van der Waals surface area contributed by atoms with Crippen molar-refractivity contribution in [3.05, 3.63) is 72.3 Å². The summed E-state index contributed by atoms with van der Waals surface area (Å²) in [6.07, 6.45) is -0.801. The van der Waals surface area contributed by atoms with Gasteiger partial charge in [-0.25, -0.2) is 0 Å². The zero-order valence-electron chi connectivity index (χ0n) is 15.3. The van der Waals surface area contributed by atoms with Gasteiger partial charge in [0.25, 0.3) is 5.91 Å². The molecule has 0 fully saturated rings. The van der Waals surface area contributed by atoms with Gasteiger partial charge in [0, 0.05) is 11.1 Å². The molecule has 1 N–H and O–H groups in total. The highest BCUT2D eigenvalue weighted by atomic mass is 16.5. The monoisotopic (exact) mass is 363 g/mol. The van der Waals surface area contributed by atoms with Gasteiger partial charge >= 0.3 is 5.97 Å². The topological polar surface area (TPSA) is 64.6 Å². The number of fused-ring (bicyclic) bond motifs is 1. The number of carbonyl (C=O) groups excluding carboxylic acids is 2. The molecule has 5 heteroatoms. The van der Waals surface area contributed by atoms with Crippen molar-refractivity contribution in [1.82, 2.24) is 0 Å². The standard InChI is InChI=1S/C22H21NO4/c1-15(27-21(24)14-16-10-12-18(26-2)13-11-16)22(25)23-20-9-5-7-17-6-3-4-8-19(17)20/h3-13,15H,14H2,1-2H3,(H,23,25). The molecule has 3 aromatic carbocycles. The van der Waals surface area contributed by atoms with Crippen molar-refractivity contribution in [2.75, 3.05) is 12.4 Å². The molecular formula is C22H21NO4. The summed E-state index contributed by atoms with van der Waals surface area (Å²) in [4.78, 5) is 24.5. The number of amides is 1. The maximum Gasteiger partial charge on any atom is 0.311 e. The van der Waals surface area contributed by atoms with E-state index in [4.69, 9.17) is 9.47 Å². The lowest BCUT2D eigenvalue weighted by molar-refractivity contribution is -0.152. The molecule has 0 aromatic heterocycles. The molecule has 0 bridgehead atoms. The van der Waals surface area contributed by atoms with Gasteiger partial charge in [-0.3, -0.25) is 9.59 Å². The first kappa shape index (κ1) is 18.5. The van der Waals surface area contributed by atoms with Gasteiger partial charge in [0.15, 0.2) is 6.10 Å². The number of hydrogen-bond donors (Lipinski definition) is 1. The molecule has 0 aliphatic rings. The number of hydrogen-bond acceptors (Lipinski definition) is 4. The van der Waals surface area contributed by atoms with Crippen LogP contribution in [0.15, 0.2) is 66.7 Å². The van der Waals surface area contributed by atoms with Gasteiger partial charge in [0.2, 0.25) is 0 Å². The van der Waals surface area contributed by atoms with Gasteiger partial charge in [-0.05, 0) is 36.1 Å². The predicted molar refractivity (Wildman–Crippen MR) is 105 cm³/mol. The predicted octanol–water partition coefficient (Wildman–Crippen LogP) is 3.96. The second-order valence-corrected chi connectivity index (χ2v) is 6.17. The zero-order chi connectivity index (χ0) is 19.2. The van der Waals surface area contributed by atoms with Gasteiger partial charge < -0.3 is 14.8 Å². The molecule has 0 aliphatic heterocycles. The fourth-order valence-electron chi connectivity index (χ4n) is 2.77. The van der Waals surface area contributed by atoms with Crippen LogP contribution in [-0.2, 0) is 20.7 Å². The molecule has 0 saturated heterocycles. The first-order valence-electron chi connectivity index (χ1n) is 8.68. The Balaban J connectivity index is 1.60. The van der Waals surface area contributed by atoms with E-state index in [1.165, 1.54) is 0 Å². The third-order valence-electron chi connectivity index (χ3n) is 4.23. The van der Waals surface area contributed by atoms with E-state index < -0.39 is 12.1 Å². The number of ether oxygens (including phenoxy) is 2. The Hall–Kier alpha value is -3.34. The summed E-state index contributed by atoms with van der Waals surface area (Å²) in [6, 6.07) is 20.6. The van der Waals surface area contributed by atoms with Crippen molar-refractivity contribution in [2.24, 2.45) is 0 Å². The van der Waals surface area contributed by atoms with E-state index in [1.54, 1.807) is 38.3 Å². The summed E-state index contributed by atoms with van der Waals surface area (Å²) in [5.74, 6) is -0.106. The first-order chi connectivity index (χ1) is 13.1. The summed E-state index contributed by atoms with van der Waals surface area (Å²) in [6.45, 7) is 1.56. The molecule has 1 unspecified atom stereocenters. The summed E-state index contributed by atoms with van der Waals surface area (Å²) in [7, 11) is 1.58.